The lowest BCUT2D eigenvalue weighted by Gasteiger charge is -2.31. The van der Waals surface area contributed by atoms with Crippen molar-refractivity contribution in [1.82, 2.24) is 4.90 Å². The number of hydrogen-bond donors (Lipinski definition) is 2. The molecule has 1 fully saturated rings. The summed E-state index contributed by atoms with van der Waals surface area (Å²) in [6, 6.07) is 23.5. The molecule has 0 saturated carbocycles. The Hall–Kier alpha value is -3.46. The van der Waals surface area contributed by atoms with Crippen LogP contribution in [0, 0.1) is 0 Å². The van der Waals surface area contributed by atoms with Gasteiger partial charge in [0.05, 0.1) is 12.1 Å². The molecule has 2 N–H and O–H groups in total. The van der Waals surface area contributed by atoms with Crippen LogP contribution in [-0.4, -0.2) is 53.3 Å². The molecule has 3 aromatic rings. The number of carbonyl (C=O) groups excluding carboxylic acids is 2. The number of carbonyl (C=O) groups is 2. The molecule has 3 aromatic carbocycles. The maximum absolute atomic E-state index is 13.6. The minimum atomic E-state index is -2.13. The number of benzene rings is 3. The van der Waals surface area contributed by atoms with Crippen molar-refractivity contribution >= 4 is 57.8 Å². The van der Waals surface area contributed by atoms with E-state index in [1.807, 2.05) is 49.3 Å². The molecule has 1 unspecified atom stereocenters. The van der Waals surface area contributed by atoms with Crippen LogP contribution in [0.15, 0.2) is 78.9 Å². The summed E-state index contributed by atoms with van der Waals surface area (Å²) in [5.74, 6) is -1.16. The van der Waals surface area contributed by atoms with Crippen molar-refractivity contribution in [3.63, 3.8) is 0 Å². The predicted octanol–water partition coefficient (Wildman–Crippen LogP) is 4.30. The minimum absolute atomic E-state index is 0.144. The lowest BCUT2D eigenvalue weighted by atomic mass is 10.1. The molecule has 7 nitrogen and oxygen atoms in total. The van der Waals surface area contributed by atoms with Gasteiger partial charge in [-0.05, 0) is 72.7 Å². The van der Waals surface area contributed by atoms with Gasteiger partial charge in [0.15, 0.2) is 5.11 Å². The molecule has 1 saturated heterocycles. The number of nitrogens with zero attached hydrogens (tertiary/aromatic N) is 3. The first-order valence-electron chi connectivity index (χ1n) is 11.4. The third-order valence-electron chi connectivity index (χ3n) is 6.04. The van der Waals surface area contributed by atoms with Gasteiger partial charge in [-0.3, -0.25) is 14.5 Å². The lowest BCUT2D eigenvalue weighted by molar-refractivity contribution is -0.151. The second-order valence-corrected chi connectivity index (χ2v) is 9.57. The van der Waals surface area contributed by atoms with E-state index in [1.165, 1.54) is 9.80 Å². The normalized spacial score (nSPS) is 17.4. The van der Waals surface area contributed by atoms with E-state index in [0.717, 1.165) is 11.3 Å². The molecule has 4 rings (SSSR count). The van der Waals surface area contributed by atoms with Crippen LogP contribution in [0.5, 0.6) is 0 Å². The van der Waals surface area contributed by atoms with Crippen LogP contribution in [0.4, 0.5) is 17.1 Å². The van der Waals surface area contributed by atoms with Crippen molar-refractivity contribution in [2.45, 2.75) is 18.6 Å². The Bertz CT molecular complexity index is 1250. The minimum Gasteiger partial charge on any atom is -0.378 e. The van der Waals surface area contributed by atoms with Crippen LogP contribution in [-0.2, 0) is 16.0 Å². The van der Waals surface area contributed by atoms with Crippen LogP contribution < -0.4 is 15.1 Å². The molecular formula is C27H27ClN4O3S. The Kier molecular flexibility index (Phi) is 7.59. The number of halogens is 1. The van der Waals surface area contributed by atoms with Crippen molar-refractivity contribution in [1.29, 1.82) is 0 Å². The maximum Gasteiger partial charge on any atom is 0.287 e. The van der Waals surface area contributed by atoms with Gasteiger partial charge in [-0.1, -0.05) is 41.9 Å². The van der Waals surface area contributed by atoms with E-state index in [4.69, 9.17) is 23.8 Å². The van der Waals surface area contributed by atoms with E-state index in [-0.39, 0.29) is 11.7 Å². The summed E-state index contributed by atoms with van der Waals surface area (Å²) in [4.78, 5) is 31.2. The molecule has 1 heterocycles. The summed E-state index contributed by atoms with van der Waals surface area (Å²) < 4.78 is 0. The largest absolute Gasteiger partial charge is 0.378 e. The van der Waals surface area contributed by atoms with Crippen molar-refractivity contribution in [3.8, 4) is 0 Å². The third kappa shape index (κ3) is 5.36. The second-order valence-electron chi connectivity index (χ2n) is 8.77. The lowest BCUT2D eigenvalue weighted by Crippen LogP contribution is -2.52. The van der Waals surface area contributed by atoms with Crippen LogP contribution in [0.1, 0.15) is 12.0 Å². The van der Waals surface area contributed by atoms with Crippen molar-refractivity contribution in [2.75, 3.05) is 35.8 Å². The van der Waals surface area contributed by atoms with Crippen molar-refractivity contribution in [3.05, 3.63) is 89.4 Å². The third-order valence-corrected chi connectivity index (χ3v) is 6.70. The first-order valence-corrected chi connectivity index (χ1v) is 12.2. The van der Waals surface area contributed by atoms with Gasteiger partial charge in [0.25, 0.3) is 5.91 Å². The quantitative estimate of drug-likeness (QED) is 0.430. The standard InChI is InChI=1S/C27H27ClN4O3S/c1-30(2)22-14-12-21(13-15-22)29-24(33)18-27(35)25(34)32(23-6-4-3-5-7-23)26(36)31(27)17-16-19-8-10-20(28)11-9-19/h3-15,35H,16-18H2,1-2H3,(H,29,33). The average molecular weight is 523 g/mol. The Morgan fingerprint density at radius 3 is 2.28 bits per heavy atom. The number of nitrogens with one attached hydrogen (secondary N) is 1. The Morgan fingerprint density at radius 1 is 1.03 bits per heavy atom. The zero-order chi connectivity index (χ0) is 25.9. The molecule has 0 bridgehead atoms. The van der Waals surface area contributed by atoms with Gasteiger partial charge in [-0.15, -0.1) is 0 Å². The van der Waals surface area contributed by atoms with Crippen LogP contribution in [0.3, 0.4) is 0 Å². The molecule has 1 atom stereocenters. The van der Waals surface area contributed by atoms with Crippen molar-refractivity contribution in [2.24, 2.45) is 0 Å². The maximum atomic E-state index is 13.6. The van der Waals surface area contributed by atoms with E-state index < -0.39 is 24.0 Å². The predicted molar refractivity (Wildman–Crippen MR) is 147 cm³/mol. The van der Waals surface area contributed by atoms with Gasteiger partial charge in [-0.2, -0.15) is 0 Å². The molecule has 186 valence electrons. The number of amides is 2. The van der Waals surface area contributed by atoms with Gasteiger partial charge in [-0.25, -0.2) is 0 Å². The first-order chi connectivity index (χ1) is 17.2. The first kappa shape index (κ1) is 25.6. The summed E-state index contributed by atoms with van der Waals surface area (Å²) in [5, 5.41) is 15.2. The second kappa shape index (κ2) is 10.7. The van der Waals surface area contributed by atoms with Crippen molar-refractivity contribution < 1.29 is 14.7 Å². The molecule has 1 aliphatic rings. The fourth-order valence-electron chi connectivity index (χ4n) is 4.08. The van der Waals surface area contributed by atoms with E-state index in [2.05, 4.69) is 5.32 Å². The smallest absolute Gasteiger partial charge is 0.287 e. The number of anilines is 3. The zero-order valence-electron chi connectivity index (χ0n) is 20.0. The summed E-state index contributed by atoms with van der Waals surface area (Å²) in [6.07, 6.45) is 0.00843. The molecular weight excluding hydrogens is 496 g/mol. The fourth-order valence-corrected chi connectivity index (χ4v) is 4.64. The van der Waals surface area contributed by atoms with Crippen LogP contribution >= 0.6 is 23.8 Å². The van der Waals surface area contributed by atoms with Gasteiger partial charge < -0.3 is 20.2 Å². The highest BCUT2D eigenvalue weighted by molar-refractivity contribution is 7.80. The van der Waals surface area contributed by atoms with E-state index in [0.29, 0.717) is 22.8 Å². The SMILES string of the molecule is CN(C)c1ccc(NC(=O)CC2(O)C(=O)N(c3ccccc3)C(=S)N2CCc2ccc(Cl)cc2)cc1. The molecule has 2 amide bonds. The van der Waals surface area contributed by atoms with Gasteiger partial charge in [0.1, 0.15) is 0 Å². The van der Waals surface area contributed by atoms with Crippen LogP contribution in [0.2, 0.25) is 5.02 Å². The summed E-state index contributed by atoms with van der Waals surface area (Å²) in [6.45, 7) is 0.233. The Morgan fingerprint density at radius 2 is 1.67 bits per heavy atom. The highest BCUT2D eigenvalue weighted by Gasteiger charge is 2.55. The van der Waals surface area contributed by atoms with E-state index in [1.54, 1.807) is 48.5 Å². The summed E-state index contributed by atoms with van der Waals surface area (Å²) >= 11 is 11.6. The highest BCUT2D eigenvalue weighted by Crippen LogP contribution is 2.34. The molecule has 0 aromatic heterocycles. The number of hydrogen-bond acceptors (Lipinski definition) is 5. The Labute approximate surface area is 220 Å². The molecule has 1 aliphatic heterocycles. The zero-order valence-corrected chi connectivity index (χ0v) is 21.6. The number of aliphatic hydroxyl groups is 1. The Balaban J connectivity index is 1.57. The average Bonchev–Trinajstić information content (AvgIpc) is 3.04. The number of para-hydroxylation sites is 1. The molecule has 9 heteroatoms. The van der Waals surface area contributed by atoms with Gasteiger partial charge in [0.2, 0.25) is 11.6 Å². The molecule has 0 radical (unpaired) electrons. The summed E-state index contributed by atoms with van der Waals surface area (Å²) in [5.41, 5.74) is 0.900. The molecule has 0 aliphatic carbocycles. The van der Waals surface area contributed by atoms with Crippen LogP contribution in [0.25, 0.3) is 0 Å². The highest BCUT2D eigenvalue weighted by atomic mass is 35.5. The topological polar surface area (TPSA) is 76.1 Å². The fraction of sp³-hybridized carbons (Fsp3) is 0.222. The summed E-state index contributed by atoms with van der Waals surface area (Å²) in [7, 11) is 3.85. The van der Waals surface area contributed by atoms with E-state index in [9.17, 15) is 14.7 Å². The molecule has 0 spiro atoms. The monoisotopic (exact) mass is 522 g/mol. The molecule has 36 heavy (non-hydrogen) atoms. The number of thiocarbonyl (C=S) groups is 1. The van der Waals surface area contributed by atoms with E-state index >= 15 is 0 Å². The van der Waals surface area contributed by atoms with Gasteiger partial charge in [0, 0.05) is 37.0 Å². The van der Waals surface area contributed by atoms with Gasteiger partial charge >= 0.3 is 0 Å². The number of rotatable bonds is 8.